The van der Waals surface area contributed by atoms with Gasteiger partial charge < -0.3 is 9.15 Å². The first-order valence-electron chi connectivity index (χ1n) is 9.44. The van der Waals surface area contributed by atoms with Gasteiger partial charge in [-0.05, 0) is 30.7 Å². The molecule has 0 radical (unpaired) electrons. The number of benzene rings is 1. The third-order valence-corrected chi connectivity index (χ3v) is 6.16. The van der Waals surface area contributed by atoms with E-state index in [1.165, 1.54) is 11.3 Å². The molecule has 0 unspecified atom stereocenters. The second-order valence-corrected chi connectivity index (χ2v) is 9.60. The number of carbonyl (C=O) groups excluding carboxylic acids is 1. The number of thiazole rings is 2. The molecule has 5 nitrogen and oxygen atoms in total. The topological polar surface area (TPSA) is 65.2 Å². The summed E-state index contributed by atoms with van der Waals surface area (Å²) in [6.07, 6.45) is 0.659. The van der Waals surface area contributed by atoms with Gasteiger partial charge in [-0.25, -0.2) is 14.8 Å². The van der Waals surface area contributed by atoms with Crippen molar-refractivity contribution in [3.05, 3.63) is 57.0 Å². The van der Waals surface area contributed by atoms with Gasteiger partial charge in [-0.3, -0.25) is 0 Å². The van der Waals surface area contributed by atoms with Gasteiger partial charge >= 0.3 is 5.97 Å². The van der Waals surface area contributed by atoms with Crippen molar-refractivity contribution in [2.24, 2.45) is 0 Å². The van der Waals surface area contributed by atoms with Crippen molar-refractivity contribution < 1.29 is 13.9 Å². The number of carbonyl (C=O) groups is 1. The number of aromatic nitrogens is 2. The molecule has 0 amide bonds. The summed E-state index contributed by atoms with van der Waals surface area (Å²) in [5, 5.41) is 6.65. The van der Waals surface area contributed by atoms with Gasteiger partial charge in [-0.15, -0.1) is 22.7 Å². The Hall–Kier alpha value is -2.51. The van der Waals surface area contributed by atoms with Crippen molar-refractivity contribution in [1.82, 2.24) is 9.97 Å². The van der Waals surface area contributed by atoms with Crippen molar-refractivity contribution in [2.75, 3.05) is 6.61 Å². The highest BCUT2D eigenvalue weighted by molar-refractivity contribution is 7.13. The van der Waals surface area contributed by atoms with Crippen LogP contribution in [0.1, 0.15) is 54.4 Å². The molecular formula is C22H22N2O3S2. The smallest absolute Gasteiger partial charge is 0.357 e. The molecule has 0 saturated heterocycles. The molecule has 0 spiro atoms. The molecular weight excluding hydrogens is 404 g/mol. The molecule has 0 fully saturated rings. The van der Waals surface area contributed by atoms with E-state index in [9.17, 15) is 4.79 Å². The lowest BCUT2D eigenvalue weighted by molar-refractivity contribution is 0.0520. The highest BCUT2D eigenvalue weighted by Gasteiger charge is 2.19. The van der Waals surface area contributed by atoms with Crippen LogP contribution in [0, 0.1) is 0 Å². The highest BCUT2D eigenvalue weighted by Crippen LogP contribution is 2.33. The zero-order valence-corrected chi connectivity index (χ0v) is 18.4. The minimum absolute atomic E-state index is 0.0179. The first-order chi connectivity index (χ1) is 13.8. The lowest BCUT2D eigenvalue weighted by Gasteiger charge is -2.13. The summed E-state index contributed by atoms with van der Waals surface area (Å²) in [5.41, 5.74) is 3.41. The molecule has 4 aromatic rings. The van der Waals surface area contributed by atoms with Crippen LogP contribution in [-0.4, -0.2) is 22.5 Å². The molecule has 3 aromatic heterocycles. The van der Waals surface area contributed by atoms with Gasteiger partial charge in [0.15, 0.2) is 16.5 Å². The molecule has 0 atom stereocenters. The molecule has 0 bridgehead atoms. The molecule has 0 aliphatic carbocycles. The summed E-state index contributed by atoms with van der Waals surface area (Å²) in [4.78, 5) is 20.9. The lowest BCUT2D eigenvalue weighted by Crippen LogP contribution is -2.11. The van der Waals surface area contributed by atoms with Crippen LogP contribution in [0.25, 0.3) is 21.7 Å². The van der Waals surface area contributed by atoms with Crippen LogP contribution in [0.5, 0.6) is 0 Å². The highest BCUT2D eigenvalue weighted by atomic mass is 32.1. The van der Waals surface area contributed by atoms with E-state index in [0.29, 0.717) is 18.7 Å². The van der Waals surface area contributed by atoms with Gasteiger partial charge in [0.25, 0.3) is 0 Å². The number of hydrogen-bond donors (Lipinski definition) is 0. The van der Waals surface area contributed by atoms with E-state index < -0.39 is 0 Å². The maximum Gasteiger partial charge on any atom is 0.357 e. The second-order valence-electron chi connectivity index (χ2n) is 7.79. The minimum atomic E-state index is -0.372. The van der Waals surface area contributed by atoms with Gasteiger partial charge in [0.05, 0.1) is 17.3 Å². The van der Waals surface area contributed by atoms with Gasteiger partial charge in [0.1, 0.15) is 5.58 Å². The van der Waals surface area contributed by atoms with Crippen LogP contribution in [-0.2, 0) is 16.6 Å². The van der Waals surface area contributed by atoms with E-state index in [4.69, 9.17) is 14.1 Å². The van der Waals surface area contributed by atoms with Crippen LogP contribution in [0.3, 0.4) is 0 Å². The number of hydrogen-bond acceptors (Lipinski definition) is 7. The number of fused-ring (bicyclic) bond motifs is 1. The Morgan fingerprint density at radius 2 is 1.97 bits per heavy atom. The molecule has 3 heterocycles. The first kappa shape index (κ1) is 19.8. The zero-order valence-electron chi connectivity index (χ0n) is 16.8. The van der Waals surface area contributed by atoms with E-state index in [0.717, 1.165) is 38.0 Å². The maximum atomic E-state index is 11.8. The Labute approximate surface area is 177 Å². The normalized spacial score (nSPS) is 11.9. The third kappa shape index (κ3) is 4.26. The first-order valence-corrected chi connectivity index (χ1v) is 11.2. The van der Waals surface area contributed by atoms with E-state index in [-0.39, 0.29) is 11.4 Å². The minimum Gasteiger partial charge on any atom is -0.461 e. The van der Waals surface area contributed by atoms with E-state index in [1.54, 1.807) is 23.6 Å². The molecule has 0 aliphatic heterocycles. The van der Waals surface area contributed by atoms with Gasteiger partial charge in [-0.1, -0.05) is 26.8 Å². The number of esters is 1. The monoisotopic (exact) mass is 426 g/mol. The van der Waals surface area contributed by atoms with E-state index >= 15 is 0 Å². The molecule has 7 heteroatoms. The van der Waals surface area contributed by atoms with Crippen LogP contribution in [0.4, 0.5) is 0 Å². The standard InChI is InChI=1S/C22H22N2O3S2/c1-5-26-21(25)15-11-28-19(23-15)9-13-6-7-16-14(8-13)10-17(27-16)20-24-18(12-29-20)22(2,3)4/h6-8,10-12H,5,9H2,1-4H3. The average molecular weight is 427 g/mol. The predicted molar refractivity (Wildman–Crippen MR) is 117 cm³/mol. The quantitative estimate of drug-likeness (QED) is 0.362. The summed E-state index contributed by atoms with van der Waals surface area (Å²) in [5.74, 6) is 0.416. The van der Waals surface area contributed by atoms with Crippen LogP contribution < -0.4 is 0 Å². The molecule has 29 heavy (non-hydrogen) atoms. The molecule has 0 saturated carbocycles. The fraction of sp³-hybridized carbons (Fsp3) is 0.318. The Bertz CT molecular complexity index is 1160. The molecule has 1 aromatic carbocycles. The number of nitrogens with zero attached hydrogens (tertiary/aromatic N) is 2. The zero-order chi connectivity index (χ0) is 20.6. The summed E-state index contributed by atoms with van der Waals surface area (Å²) < 4.78 is 11.0. The second kappa shape index (κ2) is 7.72. The van der Waals surface area contributed by atoms with Crippen LogP contribution >= 0.6 is 22.7 Å². The summed E-state index contributed by atoms with van der Waals surface area (Å²) in [6.45, 7) is 8.60. The maximum absolute atomic E-state index is 11.8. The third-order valence-electron chi connectivity index (χ3n) is 4.46. The van der Waals surface area contributed by atoms with Gasteiger partial charge in [-0.2, -0.15) is 0 Å². The molecule has 0 N–H and O–H groups in total. The fourth-order valence-electron chi connectivity index (χ4n) is 2.91. The average Bonchev–Trinajstić information content (AvgIpc) is 3.40. The van der Waals surface area contributed by atoms with Gasteiger partial charge in [0, 0.05) is 28.0 Å². The van der Waals surface area contributed by atoms with Crippen LogP contribution in [0.2, 0.25) is 0 Å². The van der Waals surface area contributed by atoms with Gasteiger partial charge in [0.2, 0.25) is 0 Å². The van der Waals surface area contributed by atoms with Crippen molar-refractivity contribution in [3.63, 3.8) is 0 Å². The molecule has 150 valence electrons. The van der Waals surface area contributed by atoms with Crippen molar-refractivity contribution in [2.45, 2.75) is 39.5 Å². The lowest BCUT2D eigenvalue weighted by atomic mass is 9.93. The largest absolute Gasteiger partial charge is 0.461 e. The van der Waals surface area contributed by atoms with Crippen molar-refractivity contribution >= 4 is 39.6 Å². The number of rotatable bonds is 5. The Balaban J connectivity index is 1.56. The van der Waals surface area contributed by atoms with Crippen molar-refractivity contribution in [3.8, 4) is 10.8 Å². The molecule has 0 aliphatic rings. The SMILES string of the molecule is CCOC(=O)c1csc(Cc2ccc3oc(-c4nc(C(C)(C)C)cs4)cc3c2)n1. The fourth-order valence-corrected chi connectivity index (χ4v) is 4.70. The summed E-state index contributed by atoms with van der Waals surface area (Å²) in [7, 11) is 0. The Morgan fingerprint density at radius 3 is 2.69 bits per heavy atom. The number of furan rings is 1. The predicted octanol–water partition coefficient (Wildman–Crippen LogP) is 6.08. The van der Waals surface area contributed by atoms with Crippen molar-refractivity contribution in [1.29, 1.82) is 0 Å². The Kier molecular flexibility index (Phi) is 5.27. The number of ether oxygens (including phenoxy) is 1. The Morgan fingerprint density at radius 1 is 1.14 bits per heavy atom. The van der Waals surface area contributed by atoms with Crippen LogP contribution in [0.15, 0.2) is 39.4 Å². The van der Waals surface area contributed by atoms with E-state index in [1.807, 2.05) is 18.2 Å². The molecule has 4 rings (SSSR count). The van der Waals surface area contributed by atoms with E-state index in [2.05, 4.69) is 37.2 Å². The summed E-state index contributed by atoms with van der Waals surface area (Å²) >= 11 is 3.07. The summed E-state index contributed by atoms with van der Waals surface area (Å²) in [6, 6.07) is 8.15.